The Morgan fingerprint density at radius 1 is 1.03 bits per heavy atom. The van der Waals surface area contributed by atoms with Crippen LogP contribution < -0.4 is 5.32 Å². The molecule has 37 heavy (non-hydrogen) atoms. The van der Waals surface area contributed by atoms with E-state index in [0.717, 1.165) is 62.9 Å². The van der Waals surface area contributed by atoms with E-state index in [1.165, 1.54) is 7.11 Å². The van der Waals surface area contributed by atoms with Gasteiger partial charge in [0, 0.05) is 12.1 Å². The van der Waals surface area contributed by atoms with Crippen molar-refractivity contribution in [2.45, 2.75) is 18.9 Å². The SMILES string of the molecule is COC(=O)NCC(=O)N1CCC[C@H]1c1ncc(-c2ccc3cc(-c4ccc5nc[nH]c5c4)ccc3c2)[nH]1. The van der Waals surface area contributed by atoms with Gasteiger partial charge in [-0.15, -0.1) is 0 Å². The zero-order valence-electron chi connectivity index (χ0n) is 20.3. The Bertz CT molecular complexity index is 1620. The summed E-state index contributed by atoms with van der Waals surface area (Å²) in [6.45, 7) is 0.535. The third kappa shape index (κ3) is 4.40. The van der Waals surface area contributed by atoms with Crippen LogP contribution in [-0.2, 0) is 9.53 Å². The molecule has 0 unspecified atom stereocenters. The number of carbonyl (C=O) groups excluding carboxylic acids is 2. The largest absolute Gasteiger partial charge is 0.453 e. The number of hydrogen-bond donors (Lipinski definition) is 3. The highest BCUT2D eigenvalue weighted by molar-refractivity contribution is 5.91. The highest BCUT2D eigenvalue weighted by atomic mass is 16.5. The number of rotatable bonds is 5. The Kier molecular flexibility index (Phi) is 5.80. The van der Waals surface area contributed by atoms with E-state index in [9.17, 15) is 9.59 Å². The zero-order valence-corrected chi connectivity index (χ0v) is 20.3. The summed E-state index contributed by atoms with van der Waals surface area (Å²) >= 11 is 0. The maximum Gasteiger partial charge on any atom is 0.407 e. The minimum atomic E-state index is -0.619. The lowest BCUT2D eigenvalue weighted by Gasteiger charge is -2.23. The van der Waals surface area contributed by atoms with Crippen LogP contribution in [-0.4, -0.2) is 57.0 Å². The van der Waals surface area contributed by atoms with E-state index in [4.69, 9.17) is 0 Å². The van der Waals surface area contributed by atoms with Gasteiger partial charge < -0.3 is 24.9 Å². The van der Waals surface area contributed by atoms with E-state index in [1.807, 2.05) is 12.3 Å². The van der Waals surface area contributed by atoms with Crippen molar-refractivity contribution in [2.24, 2.45) is 0 Å². The summed E-state index contributed by atoms with van der Waals surface area (Å²) in [7, 11) is 1.27. The number of hydrogen-bond acceptors (Lipinski definition) is 5. The van der Waals surface area contributed by atoms with E-state index in [0.29, 0.717) is 6.54 Å². The summed E-state index contributed by atoms with van der Waals surface area (Å²) in [5.41, 5.74) is 6.19. The minimum absolute atomic E-state index is 0.0981. The second-order valence-corrected chi connectivity index (χ2v) is 9.18. The van der Waals surface area contributed by atoms with Crippen molar-refractivity contribution < 1.29 is 14.3 Å². The van der Waals surface area contributed by atoms with E-state index >= 15 is 0 Å². The van der Waals surface area contributed by atoms with Crippen molar-refractivity contribution in [1.82, 2.24) is 30.2 Å². The standard InChI is InChI=1S/C28H26N6O3/c1-37-28(36)30-15-26(35)34-10-2-3-25(34)27-29-14-24(33-27)21-7-6-17-11-18(4-5-19(17)12-21)20-8-9-22-23(13-20)32-16-31-22/h4-9,11-14,16,25H,2-3,10,15H2,1H3,(H,29,33)(H,30,36)(H,31,32)/t25-/m0/s1. The van der Waals surface area contributed by atoms with Gasteiger partial charge in [-0.3, -0.25) is 4.79 Å². The molecule has 2 amide bonds. The van der Waals surface area contributed by atoms with Gasteiger partial charge in [-0.05, 0) is 59.0 Å². The molecule has 2 aromatic heterocycles. The molecular weight excluding hydrogens is 468 g/mol. The van der Waals surface area contributed by atoms with Gasteiger partial charge >= 0.3 is 6.09 Å². The summed E-state index contributed by atoms with van der Waals surface area (Å²) in [4.78, 5) is 41.3. The van der Waals surface area contributed by atoms with Crippen molar-refractivity contribution in [2.75, 3.05) is 20.2 Å². The minimum Gasteiger partial charge on any atom is -0.453 e. The summed E-state index contributed by atoms with van der Waals surface area (Å²) in [6.07, 6.45) is 4.62. The fourth-order valence-electron chi connectivity index (χ4n) is 5.03. The Balaban J connectivity index is 1.22. The second-order valence-electron chi connectivity index (χ2n) is 9.18. The number of aromatic amines is 2. The zero-order chi connectivity index (χ0) is 25.4. The third-order valence-corrected chi connectivity index (χ3v) is 6.96. The predicted molar refractivity (Wildman–Crippen MR) is 141 cm³/mol. The summed E-state index contributed by atoms with van der Waals surface area (Å²) < 4.78 is 4.56. The molecule has 186 valence electrons. The van der Waals surface area contributed by atoms with Crippen molar-refractivity contribution in [3.8, 4) is 22.4 Å². The van der Waals surface area contributed by atoms with Crippen LogP contribution in [0.4, 0.5) is 4.79 Å². The van der Waals surface area contributed by atoms with Crippen molar-refractivity contribution in [1.29, 1.82) is 0 Å². The van der Waals surface area contributed by atoms with Gasteiger partial charge in [0.05, 0.1) is 42.4 Å². The lowest BCUT2D eigenvalue weighted by Crippen LogP contribution is -2.40. The predicted octanol–water partition coefficient (Wildman–Crippen LogP) is 4.79. The van der Waals surface area contributed by atoms with Gasteiger partial charge in [0.2, 0.25) is 5.91 Å². The molecule has 0 bridgehead atoms. The molecule has 1 aliphatic heterocycles. The molecule has 1 atom stereocenters. The van der Waals surface area contributed by atoms with Gasteiger partial charge in [-0.2, -0.15) is 0 Å². The number of ether oxygens (including phenoxy) is 1. The molecule has 5 aromatic rings. The molecule has 6 rings (SSSR count). The van der Waals surface area contributed by atoms with Crippen LogP contribution in [0.25, 0.3) is 44.2 Å². The molecule has 1 saturated heterocycles. The lowest BCUT2D eigenvalue weighted by atomic mass is 9.99. The lowest BCUT2D eigenvalue weighted by molar-refractivity contribution is -0.131. The van der Waals surface area contributed by atoms with Gasteiger partial charge in [-0.1, -0.05) is 30.3 Å². The van der Waals surface area contributed by atoms with Gasteiger partial charge in [0.15, 0.2) is 0 Å². The monoisotopic (exact) mass is 494 g/mol. The molecular formula is C28H26N6O3. The number of carbonyl (C=O) groups is 2. The number of fused-ring (bicyclic) bond motifs is 2. The van der Waals surface area contributed by atoms with Crippen LogP contribution in [0.5, 0.6) is 0 Å². The number of imidazole rings is 2. The number of likely N-dealkylation sites (tertiary alicyclic amines) is 1. The van der Waals surface area contributed by atoms with Crippen LogP contribution in [0, 0.1) is 0 Å². The van der Waals surface area contributed by atoms with E-state index in [-0.39, 0.29) is 18.5 Å². The highest BCUT2D eigenvalue weighted by Gasteiger charge is 2.32. The van der Waals surface area contributed by atoms with Crippen molar-refractivity contribution >= 4 is 33.8 Å². The van der Waals surface area contributed by atoms with Crippen LogP contribution in [0.3, 0.4) is 0 Å². The molecule has 1 fully saturated rings. The number of benzene rings is 3. The molecule has 3 aromatic carbocycles. The Morgan fingerprint density at radius 2 is 1.78 bits per heavy atom. The number of H-pyrrole nitrogens is 2. The first-order valence-corrected chi connectivity index (χ1v) is 12.2. The molecule has 0 aliphatic carbocycles. The maximum absolute atomic E-state index is 12.7. The smallest absolute Gasteiger partial charge is 0.407 e. The van der Waals surface area contributed by atoms with Gasteiger partial charge in [0.25, 0.3) is 0 Å². The molecule has 9 heteroatoms. The molecule has 3 heterocycles. The second kappa shape index (κ2) is 9.42. The number of alkyl carbamates (subject to hydrolysis) is 1. The van der Waals surface area contributed by atoms with E-state index < -0.39 is 6.09 Å². The average molecular weight is 495 g/mol. The number of amides is 2. The average Bonchev–Trinajstić information content (AvgIpc) is 3.70. The van der Waals surface area contributed by atoms with E-state index in [1.54, 1.807) is 11.2 Å². The summed E-state index contributed by atoms with van der Waals surface area (Å²) in [5.74, 6) is 0.600. The van der Waals surface area contributed by atoms with Crippen LogP contribution in [0.15, 0.2) is 67.1 Å². The molecule has 0 radical (unpaired) electrons. The topological polar surface area (TPSA) is 116 Å². The van der Waals surface area contributed by atoms with Crippen molar-refractivity contribution in [3.63, 3.8) is 0 Å². The quantitative estimate of drug-likeness (QED) is 0.325. The maximum atomic E-state index is 12.7. The van der Waals surface area contributed by atoms with Crippen molar-refractivity contribution in [3.05, 3.63) is 72.9 Å². The fourth-order valence-corrected chi connectivity index (χ4v) is 5.03. The number of nitrogens with one attached hydrogen (secondary N) is 3. The Morgan fingerprint density at radius 3 is 2.62 bits per heavy atom. The van der Waals surface area contributed by atoms with Crippen LogP contribution in [0.1, 0.15) is 24.7 Å². The first-order valence-electron chi connectivity index (χ1n) is 12.2. The Labute approximate surface area is 212 Å². The molecule has 9 nitrogen and oxygen atoms in total. The van der Waals surface area contributed by atoms with E-state index in [2.05, 4.69) is 78.5 Å². The fraction of sp³-hybridized carbons (Fsp3) is 0.214. The Hall–Kier alpha value is -4.66. The number of aromatic nitrogens is 4. The highest BCUT2D eigenvalue weighted by Crippen LogP contribution is 2.33. The summed E-state index contributed by atoms with van der Waals surface area (Å²) in [5, 5.41) is 4.74. The van der Waals surface area contributed by atoms with Gasteiger partial charge in [-0.25, -0.2) is 14.8 Å². The van der Waals surface area contributed by atoms with Gasteiger partial charge in [0.1, 0.15) is 12.4 Å². The third-order valence-electron chi connectivity index (χ3n) is 6.96. The number of nitrogens with zero attached hydrogens (tertiary/aromatic N) is 3. The molecule has 0 saturated carbocycles. The molecule has 3 N–H and O–H groups in total. The van der Waals surface area contributed by atoms with Crippen LogP contribution >= 0.6 is 0 Å². The first-order chi connectivity index (χ1) is 18.1. The van der Waals surface area contributed by atoms with Crippen LogP contribution in [0.2, 0.25) is 0 Å². The molecule has 1 aliphatic rings. The summed E-state index contributed by atoms with van der Waals surface area (Å²) in [6, 6.07) is 18.9. The number of methoxy groups -OCH3 is 1. The molecule has 0 spiro atoms. The first kappa shape index (κ1) is 22.8. The normalized spacial score (nSPS) is 15.4.